The van der Waals surface area contributed by atoms with Crippen molar-refractivity contribution >= 4 is 18.0 Å². The first-order valence-corrected chi connectivity index (χ1v) is 7.51. The molecule has 1 saturated heterocycles. The van der Waals surface area contributed by atoms with Gasteiger partial charge in [-0.3, -0.25) is 4.98 Å². The minimum atomic E-state index is 0.340. The Labute approximate surface area is 136 Å². The average Bonchev–Trinajstić information content (AvgIpc) is 2.55. The summed E-state index contributed by atoms with van der Waals surface area (Å²) in [4.78, 5) is 15.7. The van der Waals surface area contributed by atoms with E-state index in [1.165, 1.54) is 0 Å². The third kappa shape index (κ3) is 2.86. The number of anilines is 1. The largest absolute Gasteiger partial charge is 0.355 e. The van der Waals surface area contributed by atoms with Crippen molar-refractivity contribution in [3.8, 4) is 11.8 Å². The van der Waals surface area contributed by atoms with Gasteiger partial charge in [0.15, 0.2) is 0 Å². The van der Waals surface area contributed by atoms with Crippen LogP contribution in [0.4, 0.5) is 5.82 Å². The molecule has 1 aliphatic rings. The Morgan fingerprint density at radius 3 is 2.65 bits per heavy atom. The highest BCUT2D eigenvalue weighted by Gasteiger charge is 2.32. The van der Waals surface area contributed by atoms with Gasteiger partial charge in [0.25, 0.3) is 0 Å². The zero-order valence-electron chi connectivity index (χ0n) is 13.2. The Hall–Kier alpha value is -2.93. The van der Waals surface area contributed by atoms with Crippen LogP contribution in [0.15, 0.2) is 37.7 Å². The fourth-order valence-corrected chi connectivity index (χ4v) is 2.69. The summed E-state index contributed by atoms with van der Waals surface area (Å²) >= 11 is 0. The lowest BCUT2D eigenvalue weighted by atomic mass is 9.94. The minimum Gasteiger partial charge on any atom is -0.355 e. The van der Waals surface area contributed by atoms with Crippen molar-refractivity contribution in [2.24, 2.45) is 0 Å². The molecule has 0 bridgehead atoms. The van der Waals surface area contributed by atoms with E-state index in [4.69, 9.17) is 0 Å². The van der Waals surface area contributed by atoms with Gasteiger partial charge in [-0.1, -0.05) is 25.2 Å². The molecule has 3 heterocycles. The Balaban J connectivity index is 1.78. The lowest BCUT2D eigenvalue weighted by molar-refractivity contribution is 0.506. The molecule has 0 atom stereocenters. The maximum absolute atomic E-state index is 4.64. The molecular weight excluding hydrogens is 284 g/mol. The molecule has 1 fully saturated rings. The van der Waals surface area contributed by atoms with E-state index < -0.39 is 0 Å². The molecule has 0 radical (unpaired) electrons. The molecule has 3 rings (SSSR count). The van der Waals surface area contributed by atoms with Crippen molar-refractivity contribution in [1.82, 2.24) is 15.0 Å². The average molecular weight is 302 g/mol. The predicted molar refractivity (Wildman–Crippen MR) is 94.0 cm³/mol. The normalized spacial score (nSPS) is 13.7. The predicted octanol–water partition coefficient (Wildman–Crippen LogP) is 3.13. The molecule has 114 valence electrons. The molecule has 0 aromatic carbocycles. The molecule has 0 saturated carbocycles. The summed E-state index contributed by atoms with van der Waals surface area (Å²) < 4.78 is 0. The second-order valence-electron chi connectivity index (χ2n) is 5.32. The van der Waals surface area contributed by atoms with E-state index in [2.05, 4.69) is 44.9 Å². The van der Waals surface area contributed by atoms with E-state index in [0.717, 1.165) is 41.6 Å². The standard InChI is InChI=1S/C19H18N4/c1-4-7-17-19(21-11-10-20-17)15-12-23(13-15)18-9-8-14(5-2)16(6-3)22-18/h5-6,8-11,15H,2-3,12-13H2,1H3. The van der Waals surface area contributed by atoms with Crippen LogP contribution in [-0.4, -0.2) is 28.0 Å². The lowest BCUT2D eigenvalue weighted by Crippen LogP contribution is -2.46. The maximum atomic E-state index is 4.64. The van der Waals surface area contributed by atoms with Crippen LogP contribution in [0, 0.1) is 11.8 Å². The molecule has 2 aromatic heterocycles. The number of aromatic nitrogens is 3. The summed E-state index contributed by atoms with van der Waals surface area (Å²) in [6.07, 6.45) is 6.97. The third-order valence-corrected chi connectivity index (χ3v) is 3.92. The van der Waals surface area contributed by atoms with Gasteiger partial charge in [-0.05, 0) is 36.6 Å². The fourth-order valence-electron chi connectivity index (χ4n) is 2.69. The van der Waals surface area contributed by atoms with Crippen LogP contribution in [0.5, 0.6) is 0 Å². The Bertz CT molecular complexity index is 808. The van der Waals surface area contributed by atoms with Gasteiger partial charge in [0.1, 0.15) is 11.5 Å². The van der Waals surface area contributed by atoms with Crippen LogP contribution in [-0.2, 0) is 0 Å². The van der Waals surface area contributed by atoms with Crippen LogP contribution >= 0.6 is 0 Å². The topological polar surface area (TPSA) is 41.9 Å². The van der Waals surface area contributed by atoms with Gasteiger partial charge in [-0.25, -0.2) is 9.97 Å². The summed E-state index contributed by atoms with van der Waals surface area (Å²) in [7, 11) is 0. The summed E-state index contributed by atoms with van der Waals surface area (Å²) in [5.74, 6) is 7.22. The van der Waals surface area contributed by atoms with E-state index >= 15 is 0 Å². The first-order chi connectivity index (χ1) is 11.3. The van der Waals surface area contributed by atoms with Crippen molar-refractivity contribution in [3.63, 3.8) is 0 Å². The van der Waals surface area contributed by atoms with Gasteiger partial charge in [0.05, 0.1) is 11.4 Å². The zero-order valence-corrected chi connectivity index (χ0v) is 13.2. The number of rotatable bonds is 4. The highest BCUT2D eigenvalue weighted by Crippen LogP contribution is 2.31. The second kappa shape index (κ2) is 6.45. The van der Waals surface area contributed by atoms with Gasteiger partial charge in [-0.2, -0.15) is 0 Å². The van der Waals surface area contributed by atoms with E-state index in [-0.39, 0.29) is 0 Å². The molecule has 1 aliphatic heterocycles. The molecular formula is C19H18N4. The van der Waals surface area contributed by atoms with Crippen molar-refractivity contribution in [1.29, 1.82) is 0 Å². The van der Waals surface area contributed by atoms with Crippen molar-refractivity contribution < 1.29 is 0 Å². The molecule has 23 heavy (non-hydrogen) atoms. The molecule has 4 heteroatoms. The van der Waals surface area contributed by atoms with Gasteiger partial charge < -0.3 is 4.90 Å². The monoisotopic (exact) mass is 302 g/mol. The van der Waals surface area contributed by atoms with Crippen LogP contribution in [0.25, 0.3) is 12.2 Å². The van der Waals surface area contributed by atoms with E-state index in [9.17, 15) is 0 Å². The number of nitrogens with zero attached hydrogens (tertiary/aromatic N) is 4. The Morgan fingerprint density at radius 2 is 1.96 bits per heavy atom. The van der Waals surface area contributed by atoms with E-state index in [1.807, 2.05) is 19.1 Å². The molecule has 4 nitrogen and oxygen atoms in total. The molecule has 0 spiro atoms. The van der Waals surface area contributed by atoms with Crippen LogP contribution in [0.3, 0.4) is 0 Å². The summed E-state index contributed by atoms with van der Waals surface area (Å²) in [6, 6.07) is 4.04. The fraction of sp³-hybridized carbons (Fsp3) is 0.211. The van der Waals surface area contributed by atoms with Gasteiger partial charge >= 0.3 is 0 Å². The summed E-state index contributed by atoms with van der Waals surface area (Å²) in [5.41, 5.74) is 3.61. The third-order valence-electron chi connectivity index (χ3n) is 3.92. The molecule has 2 aromatic rings. The quantitative estimate of drug-likeness (QED) is 0.814. The van der Waals surface area contributed by atoms with Crippen LogP contribution < -0.4 is 4.90 Å². The van der Waals surface area contributed by atoms with Crippen LogP contribution in [0.2, 0.25) is 0 Å². The van der Waals surface area contributed by atoms with Crippen LogP contribution in [0.1, 0.15) is 35.5 Å². The molecule has 0 amide bonds. The van der Waals surface area contributed by atoms with Crippen molar-refractivity contribution in [2.45, 2.75) is 12.8 Å². The SMILES string of the molecule is C=Cc1ccc(N2CC(c3nccnc3C#CC)C2)nc1C=C. The lowest BCUT2D eigenvalue weighted by Gasteiger charge is -2.40. The second-order valence-corrected chi connectivity index (χ2v) is 5.32. The number of hydrogen-bond donors (Lipinski definition) is 0. The Kier molecular flexibility index (Phi) is 4.20. The molecule has 0 unspecified atom stereocenters. The molecule has 0 N–H and O–H groups in total. The zero-order chi connectivity index (χ0) is 16.2. The Morgan fingerprint density at radius 1 is 1.17 bits per heavy atom. The first-order valence-electron chi connectivity index (χ1n) is 7.51. The first kappa shape index (κ1) is 15.0. The maximum Gasteiger partial charge on any atom is 0.135 e. The van der Waals surface area contributed by atoms with Gasteiger partial charge in [0, 0.05) is 31.4 Å². The van der Waals surface area contributed by atoms with Crippen molar-refractivity contribution in [3.05, 3.63) is 60.3 Å². The van der Waals surface area contributed by atoms with Gasteiger partial charge in [-0.15, -0.1) is 0 Å². The highest BCUT2D eigenvalue weighted by molar-refractivity contribution is 5.63. The van der Waals surface area contributed by atoms with Gasteiger partial charge in [0.2, 0.25) is 0 Å². The summed E-state index contributed by atoms with van der Waals surface area (Å²) in [5, 5.41) is 0. The number of pyridine rings is 1. The molecule has 0 aliphatic carbocycles. The smallest absolute Gasteiger partial charge is 0.135 e. The highest BCUT2D eigenvalue weighted by atomic mass is 15.2. The van der Waals surface area contributed by atoms with E-state index in [1.54, 1.807) is 24.5 Å². The van der Waals surface area contributed by atoms with Crippen molar-refractivity contribution in [2.75, 3.05) is 18.0 Å². The van der Waals surface area contributed by atoms with E-state index in [0.29, 0.717) is 5.92 Å². The minimum absolute atomic E-state index is 0.340. The number of hydrogen-bond acceptors (Lipinski definition) is 4. The summed E-state index contributed by atoms with van der Waals surface area (Å²) in [6.45, 7) is 11.2.